The third kappa shape index (κ3) is 4.39. The predicted molar refractivity (Wildman–Crippen MR) is 76.0 cm³/mol. The fourth-order valence-corrected chi connectivity index (χ4v) is 2.91. The summed E-state index contributed by atoms with van der Waals surface area (Å²) in [6.07, 6.45) is -1.02. The predicted octanol–water partition coefficient (Wildman–Crippen LogP) is 1.08. The lowest BCUT2D eigenvalue weighted by molar-refractivity contribution is 0.176. The lowest BCUT2D eigenvalue weighted by Gasteiger charge is -2.25. The van der Waals surface area contributed by atoms with E-state index in [1.165, 1.54) is 0 Å². The Hall–Kier alpha value is -1.80. The molecule has 0 atom stereocenters. The molecule has 0 saturated heterocycles. The largest absolute Gasteiger partial charge is 0.452 e. The van der Waals surface area contributed by atoms with Crippen molar-refractivity contribution >= 4 is 22.0 Å². The van der Waals surface area contributed by atoms with Crippen LogP contribution in [0.5, 0.6) is 0 Å². The molecule has 0 bridgehead atoms. The van der Waals surface area contributed by atoms with Gasteiger partial charge in [0.25, 0.3) is 0 Å². The average Bonchev–Trinajstić information content (AvgIpc) is 2.34. The molecule has 1 aromatic carbocycles. The number of hydrogen-bond donors (Lipinski definition) is 2. The van der Waals surface area contributed by atoms with Gasteiger partial charge in [0, 0.05) is 18.3 Å². The van der Waals surface area contributed by atoms with Crippen LogP contribution in [0.2, 0.25) is 0 Å². The third-order valence-corrected chi connectivity index (χ3v) is 4.16. The van der Waals surface area contributed by atoms with Gasteiger partial charge in [0.2, 0.25) is 0 Å². The first-order valence-electron chi connectivity index (χ1n) is 5.98. The van der Waals surface area contributed by atoms with Crippen molar-refractivity contribution in [3.8, 4) is 0 Å². The van der Waals surface area contributed by atoms with Crippen molar-refractivity contribution in [3.05, 3.63) is 29.8 Å². The van der Waals surface area contributed by atoms with Crippen LogP contribution in [0.3, 0.4) is 0 Å². The highest BCUT2D eigenvalue weighted by Crippen LogP contribution is 2.14. The molecular formula is C12H19N3O4S. The maximum absolute atomic E-state index is 12.1. The molecule has 0 unspecified atom stereocenters. The van der Waals surface area contributed by atoms with Crippen molar-refractivity contribution in [2.75, 3.05) is 12.8 Å². The van der Waals surface area contributed by atoms with Crippen LogP contribution in [0.4, 0.5) is 10.5 Å². The molecule has 112 valence electrons. The van der Waals surface area contributed by atoms with E-state index >= 15 is 0 Å². The fraction of sp³-hybridized carbons (Fsp3) is 0.417. The molecule has 8 heteroatoms. The molecule has 0 spiro atoms. The van der Waals surface area contributed by atoms with Crippen LogP contribution in [-0.4, -0.2) is 32.0 Å². The van der Waals surface area contributed by atoms with Crippen molar-refractivity contribution in [2.24, 2.45) is 0 Å². The second kappa shape index (κ2) is 6.58. The van der Waals surface area contributed by atoms with Gasteiger partial charge in [-0.2, -0.15) is 12.7 Å². The van der Waals surface area contributed by atoms with E-state index in [9.17, 15) is 13.2 Å². The lowest BCUT2D eigenvalue weighted by Crippen LogP contribution is -2.46. The van der Waals surface area contributed by atoms with Crippen LogP contribution < -0.4 is 10.5 Å². The molecular weight excluding hydrogens is 282 g/mol. The summed E-state index contributed by atoms with van der Waals surface area (Å²) in [4.78, 5) is 11.1. The van der Waals surface area contributed by atoms with Gasteiger partial charge < -0.3 is 10.5 Å². The summed E-state index contributed by atoms with van der Waals surface area (Å²) in [5.41, 5.74) is 6.94. The molecule has 7 nitrogen and oxygen atoms in total. The maximum atomic E-state index is 12.1. The molecule has 0 aliphatic heterocycles. The molecule has 0 aliphatic carbocycles. The minimum absolute atomic E-state index is 0.106. The maximum Gasteiger partial charge on any atom is 0.421 e. The molecule has 1 rings (SSSR count). The number of rotatable bonds is 5. The second-order valence-electron chi connectivity index (χ2n) is 4.48. The Morgan fingerprint density at radius 2 is 2.10 bits per heavy atom. The molecule has 0 fully saturated rings. The summed E-state index contributed by atoms with van der Waals surface area (Å²) in [5, 5.41) is 0. The molecule has 0 heterocycles. The number of anilines is 1. The lowest BCUT2D eigenvalue weighted by atomic mass is 10.2. The SMILES string of the molecule is COC(=O)NS(=O)(=O)N(Cc1cccc(N)c1)C(C)C. The van der Waals surface area contributed by atoms with Crippen molar-refractivity contribution in [3.63, 3.8) is 0 Å². The van der Waals surface area contributed by atoms with Gasteiger partial charge in [0.15, 0.2) is 0 Å². The van der Waals surface area contributed by atoms with E-state index in [-0.39, 0.29) is 12.6 Å². The van der Waals surface area contributed by atoms with E-state index < -0.39 is 16.3 Å². The summed E-state index contributed by atoms with van der Waals surface area (Å²) in [5.74, 6) is 0. The van der Waals surface area contributed by atoms with Crippen LogP contribution in [0.25, 0.3) is 0 Å². The summed E-state index contributed by atoms with van der Waals surface area (Å²) in [6.45, 7) is 3.53. The smallest absolute Gasteiger partial charge is 0.421 e. The van der Waals surface area contributed by atoms with Crippen molar-refractivity contribution in [2.45, 2.75) is 26.4 Å². The zero-order chi connectivity index (χ0) is 15.3. The highest BCUT2D eigenvalue weighted by atomic mass is 32.2. The van der Waals surface area contributed by atoms with Gasteiger partial charge in [0.1, 0.15) is 0 Å². The number of nitrogens with zero attached hydrogens (tertiary/aromatic N) is 1. The van der Waals surface area contributed by atoms with Crippen molar-refractivity contribution in [1.82, 2.24) is 9.03 Å². The number of benzene rings is 1. The molecule has 1 amide bonds. The molecule has 1 aromatic rings. The van der Waals surface area contributed by atoms with Gasteiger partial charge in [-0.05, 0) is 31.5 Å². The minimum atomic E-state index is -3.98. The van der Waals surface area contributed by atoms with Crippen molar-refractivity contribution in [1.29, 1.82) is 0 Å². The van der Waals surface area contributed by atoms with Crippen LogP contribution in [-0.2, 0) is 21.5 Å². The third-order valence-electron chi connectivity index (χ3n) is 2.57. The number of nitrogens with two attached hydrogens (primary N) is 1. The van der Waals surface area contributed by atoms with Crippen LogP contribution in [0.1, 0.15) is 19.4 Å². The van der Waals surface area contributed by atoms with E-state index in [1.807, 2.05) is 4.72 Å². The topological polar surface area (TPSA) is 102 Å². The molecule has 0 saturated carbocycles. The zero-order valence-corrected chi connectivity index (χ0v) is 12.5. The summed E-state index contributed by atoms with van der Waals surface area (Å²) in [7, 11) is -2.88. The Kier molecular flexibility index (Phi) is 5.34. The highest BCUT2D eigenvalue weighted by molar-refractivity contribution is 7.87. The monoisotopic (exact) mass is 301 g/mol. The quantitative estimate of drug-likeness (QED) is 0.792. The number of ether oxygens (including phenoxy) is 1. The number of nitrogens with one attached hydrogen (secondary N) is 1. The van der Waals surface area contributed by atoms with Gasteiger partial charge in [-0.25, -0.2) is 9.52 Å². The first-order chi connectivity index (χ1) is 9.26. The summed E-state index contributed by atoms with van der Waals surface area (Å²) < 4.78 is 31.5. The second-order valence-corrected chi connectivity index (χ2v) is 6.11. The van der Waals surface area contributed by atoms with Gasteiger partial charge in [0.05, 0.1) is 7.11 Å². The molecule has 0 aliphatic rings. The number of hydrogen-bond acceptors (Lipinski definition) is 5. The van der Waals surface area contributed by atoms with Gasteiger partial charge >= 0.3 is 16.3 Å². The number of carbonyl (C=O) groups excluding carboxylic acids is 1. The summed E-state index contributed by atoms with van der Waals surface area (Å²) in [6, 6.07) is 6.56. The molecule has 3 N–H and O–H groups in total. The number of nitrogen functional groups attached to an aromatic ring is 1. The molecule has 20 heavy (non-hydrogen) atoms. The van der Waals surface area contributed by atoms with E-state index in [1.54, 1.807) is 38.1 Å². The van der Waals surface area contributed by atoms with Crippen molar-refractivity contribution < 1.29 is 17.9 Å². The number of carbonyl (C=O) groups is 1. The Balaban J connectivity index is 2.97. The Morgan fingerprint density at radius 3 is 2.60 bits per heavy atom. The standard InChI is InChI=1S/C12H19N3O4S/c1-9(2)15(20(17,18)14-12(16)19-3)8-10-5-4-6-11(13)7-10/h4-7,9H,8,13H2,1-3H3,(H,14,16). The number of methoxy groups -OCH3 is 1. The first-order valence-corrected chi connectivity index (χ1v) is 7.42. The molecule has 0 radical (unpaired) electrons. The van der Waals surface area contributed by atoms with Gasteiger partial charge in [-0.1, -0.05) is 12.1 Å². The Bertz CT molecular complexity index is 572. The van der Waals surface area contributed by atoms with E-state index in [0.29, 0.717) is 5.69 Å². The van der Waals surface area contributed by atoms with E-state index in [2.05, 4.69) is 4.74 Å². The number of amides is 1. The van der Waals surface area contributed by atoms with Crippen LogP contribution >= 0.6 is 0 Å². The normalized spacial score (nSPS) is 11.7. The van der Waals surface area contributed by atoms with E-state index in [4.69, 9.17) is 5.73 Å². The Morgan fingerprint density at radius 1 is 1.45 bits per heavy atom. The van der Waals surface area contributed by atoms with E-state index in [0.717, 1.165) is 17.0 Å². The van der Waals surface area contributed by atoms with Gasteiger partial charge in [-0.15, -0.1) is 0 Å². The average molecular weight is 301 g/mol. The highest BCUT2D eigenvalue weighted by Gasteiger charge is 2.27. The first kappa shape index (κ1) is 16.3. The fourth-order valence-electron chi connectivity index (χ4n) is 1.62. The Labute approximate surface area is 118 Å². The minimum Gasteiger partial charge on any atom is -0.452 e. The summed E-state index contributed by atoms with van der Waals surface area (Å²) >= 11 is 0. The van der Waals surface area contributed by atoms with Crippen LogP contribution in [0.15, 0.2) is 24.3 Å². The van der Waals surface area contributed by atoms with Gasteiger partial charge in [-0.3, -0.25) is 0 Å². The van der Waals surface area contributed by atoms with Crippen LogP contribution in [0, 0.1) is 0 Å². The molecule has 0 aromatic heterocycles. The zero-order valence-electron chi connectivity index (χ0n) is 11.7.